The van der Waals surface area contributed by atoms with Crippen molar-refractivity contribution in [3.8, 4) is 0 Å². The van der Waals surface area contributed by atoms with Crippen LogP contribution >= 0.6 is 0 Å². The number of ketones is 2. The molecule has 20 heavy (non-hydrogen) atoms. The third-order valence-electron chi connectivity index (χ3n) is 2.15. The fourth-order valence-electron chi connectivity index (χ4n) is 1.29. The molecule has 0 aliphatic carbocycles. The molecular weight excluding hydrogens is 262 g/mol. The van der Waals surface area contributed by atoms with Crippen molar-refractivity contribution in [3.05, 3.63) is 24.3 Å². The fourth-order valence-corrected chi connectivity index (χ4v) is 1.29. The topological polar surface area (TPSA) is 98.2 Å². The summed E-state index contributed by atoms with van der Waals surface area (Å²) in [6, 6.07) is -1.00. The van der Waals surface area contributed by atoms with Gasteiger partial charge in [0, 0.05) is 12.4 Å². The van der Waals surface area contributed by atoms with E-state index < -0.39 is 29.3 Å². The molecule has 108 valence electrons. The van der Waals surface area contributed by atoms with Crippen molar-refractivity contribution in [1.29, 1.82) is 0 Å². The van der Waals surface area contributed by atoms with Crippen molar-refractivity contribution in [2.45, 2.75) is 39.3 Å². The molecule has 1 aromatic rings. The minimum absolute atomic E-state index is 0.0599. The summed E-state index contributed by atoms with van der Waals surface area (Å²) in [5.41, 5.74) is -0.739. The Labute approximate surface area is 116 Å². The highest BCUT2D eigenvalue weighted by atomic mass is 16.6. The van der Waals surface area contributed by atoms with E-state index in [9.17, 15) is 14.4 Å². The molecule has 1 heterocycles. The summed E-state index contributed by atoms with van der Waals surface area (Å²) >= 11 is 0. The predicted octanol–water partition coefficient (Wildman–Crippen LogP) is 1.14. The molecule has 0 saturated heterocycles. The Kier molecular flexibility index (Phi) is 4.90. The molecule has 1 rings (SSSR count). The number of aromatic nitrogens is 2. The second kappa shape index (κ2) is 6.23. The second-order valence-electron chi connectivity index (χ2n) is 5.15. The average molecular weight is 279 g/mol. The zero-order valence-corrected chi connectivity index (χ0v) is 11.8. The maximum Gasteiger partial charge on any atom is 0.408 e. The van der Waals surface area contributed by atoms with Crippen molar-refractivity contribution in [2.24, 2.45) is 0 Å². The minimum Gasteiger partial charge on any atom is -0.444 e. The molecule has 1 aromatic heterocycles. The molecule has 0 bridgehead atoms. The van der Waals surface area contributed by atoms with Crippen LogP contribution in [0.4, 0.5) is 4.79 Å². The highest BCUT2D eigenvalue weighted by Crippen LogP contribution is 2.07. The normalized spacial score (nSPS) is 12.4. The molecule has 0 radical (unpaired) electrons. The van der Waals surface area contributed by atoms with Gasteiger partial charge in [-0.3, -0.25) is 14.6 Å². The van der Waals surface area contributed by atoms with Crippen LogP contribution in [0, 0.1) is 0 Å². The minimum atomic E-state index is -1.00. The number of nitrogens with one attached hydrogen (secondary N) is 1. The summed E-state index contributed by atoms with van der Waals surface area (Å²) in [4.78, 5) is 42.6. The number of nitrogens with zero attached hydrogens (tertiary/aromatic N) is 2. The lowest BCUT2D eigenvalue weighted by Gasteiger charge is -2.21. The Morgan fingerprint density at radius 2 is 1.90 bits per heavy atom. The van der Waals surface area contributed by atoms with E-state index in [0.717, 1.165) is 0 Å². The highest BCUT2D eigenvalue weighted by molar-refractivity contribution is 6.44. The van der Waals surface area contributed by atoms with Gasteiger partial charge in [0.15, 0.2) is 0 Å². The van der Waals surface area contributed by atoms with E-state index in [1.807, 2.05) is 0 Å². The van der Waals surface area contributed by atoms with E-state index in [2.05, 4.69) is 15.3 Å². The van der Waals surface area contributed by atoms with Gasteiger partial charge < -0.3 is 10.1 Å². The Morgan fingerprint density at radius 1 is 1.25 bits per heavy atom. The van der Waals surface area contributed by atoms with Gasteiger partial charge in [0.25, 0.3) is 5.78 Å². The van der Waals surface area contributed by atoms with E-state index >= 15 is 0 Å². The van der Waals surface area contributed by atoms with Crippen LogP contribution in [0.3, 0.4) is 0 Å². The molecule has 0 saturated carbocycles. The number of alkyl carbamates (subject to hydrolysis) is 1. The number of carbonyl (C=O) groups excluding carboxylic acids is 3. The molecule has 0 fully saturated rings. The quantitative estimate of drug-likeness (QED) is 0.655. The Bertz CT molecular complexity index is 508. The molecular formula is C13H17N3O4. The van der Waals surface area contributed by atoms with E-state index in [4.69, 9.17) is 4.74 Å². The molecule has 0 spiro atoms. The molecule has 7 heteroatoms. The van der Waals surface area contributed by atoms with Crippen molar-refractivity contribution < 1.29 is 19.1 Å². The molecule has 0 aromatic carbocycles. The van der Waals surface area contributed by atoms with Gasteiger partial charge in [0.2, 0.25) is 5.78 Å². The summed E-state index contributed by atoms with van der Waals surface area (Å²) in [7, 11) is 0. The van der Waals surface area contributed by atoms with Crippen LogP contribution in [-0.4, -0.2) is 39.3 Å². The summed E-state index contributed by atoms with van der Waals surface area (Å²) in [5, 5.41) is 2.31. The van der Waals surface area contributed by atoms with Gasteiger partial charge in [-0.1, -0.05) is 0 Å². The van der Waals surface area contributed by atoms with Gasteiger partial charge in [-0.05, 0) is 27.7 Å². The van der Waals surface area contributed by atoms with E-state index in [0.29, 0.717) is 0 Å². The molecule has 7 nitrogen and oxygen atoms in total. The second-order valence-corrected chi connectivity index (χ2v) is 5.15. The first-order valence-electron chi connectivity index (χ1n) is 6.05. The first-order valence-corrected chi connectivity index (χ1v) is 6.05. The summed E-state index contributed by atoms with van der Waals surface area (Å²) in [5.74, 6) is -1.59. The van der Waals surface area contributed by atoms with Gasteiger partial charge in [0.05, 0.1) is 12.2 Å². The van der Waals surface area contributed by atoms with E-state index in [1.165, 1.54) is 25.5 Å². The van der Waals surface area contributed by atoms with Gasteiger partial charge in [-0.2, -0.15) is 0 Å². The Morgan fingerprint density at radius 3 is 2.40 bits per heavy atom. The number of hydrogen-bond donors (Lipinski definition) is 1. The lowest BCUT2D eigenvalue weighted by atomic mass is 10.1. The van der Waals surface area contributed by atoms with Crippen LogP contribution in [0.5, 0.6) is 0 Å². The molecule has 1 amide bonds. The Balaban J connectivity index is 2.64. The first-order chi connectivity index (χ1) is 9.20. The van der Waals surface area contributed by atoms with Crippen molar-refractivity contribution >= 4 is 17.7 Å². The van der Waals surface area contributed by atoms with Gasteiger partial charge >= 0.3 is 6.09 Å². The van der Waals surface area contributed by atoms with Gasteiger partial charge in [-0.25, -0.2) is 9.78 Å². The third kappa shape index (κ3) is 4.75. The zero-order valence-electron chi connectivity index (χ0n) is 11.8. The summed E-state index contributed by atoms with van der Waals surface area (Å²) < 4.78 is 5.00. The molecule has 0 unspecified atom stereocenters. The summed E-state index contributed by atoms with van der Waals surface area (Å²) in [6.45, 7) is 6.50. The predicted molar refractivity (Wildman–Crippen MR) is 70.2 cm³/mol. The van der Waals surface area contributed by atoms with Crippen LogP contribution in [-0.2, 0) is 9.53 Å². The highest BCUT2D eigenvalue weighted by Gasteiger charge is 2.26. The molecule has 1 N–H and O–H groups in total. The van der Waals surface area contributed by atoms with Crippen LogP contribution in [0.1, 0.15) is 38.2 Å². The maximum absolute atomic E-state index is 11.9. The molecule has 0 aliphatic rings. The SMILES string of the molecule is C[C@H](NC(=O)OC(C)(C)C)C(=O)C(=O)c1cnccn1. The zero-order chi connectivity index (χ0) is 15.3. The van der Waals surface area contributed by atoms with Crippen molar-refractivity contribution in [3.63, 3.8) is 0 Å². The smallest absolute Gasteiger partial charge is 0.408 e. The van der Waals surface area contributed by atoms with Crippen LogP contribution in [0.25, 0.3) is 0 Å². The Hall–Kier alpha value is -2.31. The number of amides is 1. The van der Waals surface area contributed by atoms with Crippen LogP contribution < -0.4 is 5.32 Å². The molecule has 1 atom stereocenters. The van der Waals surface area contributed by atoms with E-state index in [1.54, 1.807) is 20.8 Å². The van der Waals surface area contributed by atoms with Crippen LogP contribution in [0.2, 0.25) is 0 Å². The van der Waals surface area contributed by atoms with Gasteiger partial charge in [-0.15, -0.1) is 0 Å². The van der Waals surface area contributed by atoms with Crippen molar-refractivity contribution in [2.75, 3.05) is 0 Å². The molecule has 0 aliphatic heterocycles. The van der Waals surface area contributed by atoms with E-state index in [-0.39, 0.29) is 5.69 Å². The fraction of sp³-hybridized carbons (Fsp3) is 0.462. The number of Topliss-reactive ketones (excluding diaryl/α,β-unsaturated/α-hetero) is 2. The third-order valence-corrected chi connectivity index (χ3v) is 2.15. The van der Waals surface area contributed by atoms with Crippen molar-refractivity contribution in [1.82, 2.24) is 15.3 Å². The monoisotopic (exact) mass is 279 g/mol. The van der Waals surface area contributed by atoms with Gasteiger partial charge in [0.1, 0.15) is 11.3 Å². The standard InChI is InChI=1S/C13H17N3O4/c1-8(16-12(19)20-13(2,3)4)10(17)11(18)9-7-14-5-6-15-9/h5-8H,1-4H3,(H,16,19)/t8-/m0/s1. The lowest BCUT2D eigenvalue weighted by molar-refractivity contribution is -0.116. The number of ether oxygens (including phenoxy) is 1. The first kappa shape index (κ1) is 15.7. The number of hydrogen-bond acceptors (Lipinski definition) is 6. The maximum atomic E-state index is 11.9. The lowest BCUT2D eigenvalue weighted by Crippen LogP contribution is -2.44. The largest absolute Gasteiger partial charge is 0.444 e. The number of carbonyl (C=O) groups is 3. The number of rotatable bonds is 4. The summed E-state index contributed by atoms with van der Waals surface area (Å²) in [6.07, 6.45) is 3.14. The van der Waals surface area contributed by atoms with Crippen LogP contribution in [0.15, 0.2) is 18.6 Å². The average Bonchev–Trinajstić information content (AvgIpc) is 2.35.